The molecular weight excluding hydrogens is 428 g/mol. The molecule has 4 rings (SSSR count). The fraction of sp³-hybridized carbons (Fsp3) is 0.263. The molecule has 0 bridgehead atoms. The molecule has 7 nitrogen and oxygen atoms in total. The van der Waals surface area contributed by atoms with Gasteiger partial charge in [0.1, 0.15) is 10.5 Å². The van der Waals surface area contributed by atoms with Crippen LogP contribution >= 0.6 is 34.7 Å². The monoisotopic (exact) mass is 446 g/mol. The number of aromatic nitrogens is 5. The lowest BCUT2D eigenvalue weighted by Crippen LogP contribution is -2.20. The zero-order valence-electron chi connectivity index (χ0n) is 16.1. The summed E-state index contributed by atoms with van der Waals surface area (Å²) in [5.41, 5.74) is 1.54. The Labute approximate surface area is 180 Å². The summed E-state index contributed by atoms with van der Waals surface area (Å²) in [6.45, 7) is 2.08. The lowest BCUT2D eigenvalue weighted by atomic mass is 10.2. The molecular formula is C19H19ClN6OS2. The van der Waals surface area contributed by atoms with Gasteiger partial charge in [-0.25, -0.2) is 4.98 Å². The Bertz CT molecular complexity index is 1200. The van der Waals surface area contributed by atoms with Crippen LogP contribution in [0.1, 0.15) is 24.6 Å². The Hall–Kier alpha value is -2.20. The molecule has 1 atom stereocenters. The molecule has 150 valence electrons. The number of nitrogens with zero attached hydrogens (tertiary/aromatic N) is 5. The first-order valence-corrected chi connectivity index (χ1v) is 11.1. The summed E-state index contributed by atoms with van der Waals surface area (Å²) in [5, 5.41) is 12.1. The van der Waals surface area contributed by atoms with Gasteiger partial charge in [0.2, 0.25) is 0 Å². The zero-order chi connectivity index (χ0) is 20.5. The Balaban J connectivity index is 1.69. The number of halogens is 1. The van der Waals surface area contributed by atoms with Crippen LogP contribution < -0.4 is 5.56 Å². The Kier molecular flexibility index (Phi) is 5.73. The number of aromatic amines is 1. The molecule has 29 heavy (non-hydrogen) atoms. The van der Waals surface area contributed by atoms with E-state index in [1.807, 2.05) is 54.4 Å². The van der Waals surface area contributed by atoms with Crippen molar-refractivity contribution in [2.24, 2.45) is 0 Å². The predicted molar refractivity (Wildman–Crippen MR) is 118 cm³/mol. The van der Waals surface area contributed by atoms with Crippen LogP contribution in [0, 0.1) is 0 Å². The summed E-state index contributed by atoms with van der Waals surface area (Å²) in [6, 6.07) is 9.50. The highest BCUT2D eigenvalue weighted by Crippen LogP contribution is 2.29. The van der Waals surface area contributed by atoms with E-state index in [-0.39, 0.29) is 11.6 Å². The van der Waals surface area contributed by atoms with Crippen molar-refractivity contribution >= 4 is 44.9 Å². The number of thioether (sulfide) groups is 1. The van der Waals surface area contributed by atoms with Gasteiger partial charge in [0, 0.05) is 10.7 Å². The molecule has 0 fully saturated rings. The molecule has 0 radical (unpaired) electrons. The maximum Gasteiger partial charge on any atom is 0.268 e. The summed E-state index contributed by atoms with van der Waals surface area (Å²) in [6.07, 6.45) is 0. The lowest BCUT2D eigenvalue weighted by Gasteiger charge is -2.20. The van der Waals surface area contributed by atoms with Gasteiger partial charge in [0.15, 0.2) is 11.0 Å². The van der Waals surface area contributed by atoms with Gasteiger partial charge in [-0.2, -0.15) is 0 Å². The van der Waals surface area contributed by atoms with Crippen molar-refractivity contribution in [3.05, 3.63) is 62.7 Å². The van der Waals surface area contributed by atoms with Gasteiger partial charge in [-0.3, -0.25) is 14.3 Å². The van der Waals surface area contributed by atoms with Crippen molar-refractivity contribution in [2.75, 3.05) is 14.1 Å². The maximum atomic E-state index is 12.2. The van der Waals surface area contributed by atoms with E-state index in [1.54, 1.807) is 0 Å². The fourth-order valence-corrected chi connectivity index (χ4v) is 4.51. The van der Waals surface area contributed by atoms with Gasteiger partial charge in [-0.15, -0.1) is 21.5 Å². The minimum absolute atomic E-state index is 0.0626. The molecule has 4 aromatic rings. The number of nitrogens with one attached hydrogen (secondary N) is 1. The van der Waals surface area contributed by atoms with Crippen LogP contribution in [0.15, 0.2) is 45.7 Å². The number of rotatable bonds is 6. The van der Waals surface area contributed by atoms with Crippen LogP contribution in [-0.4, -0.2) is 43.7 Å². The number of fused-ring (bicyclic) bond motifs is 1. The first-order valence-electron chi connectivity index (χ1n) is 8.91. The second-order valence-electron chi connectivity index (χ2n) is 6.73. The lowest BCUT2D eigenvalue weighted by molar-refractivity contribution is 0.305. The molecule has 1 aromatic carbocycles. The van der Waals surface area contributed by atoms with E-state index in [4.69, 9.17) is 11.6 Å². The van der Waals surface area contributed by atoms with Crippen LogP contribution in [0.2, 0.25) is 5.02 Å². The number of hydrogen-bond acceptors (Lipinski definition) is 7. The van der Waals surface area contributed by atoms with Gasteiger partial charge < -0.3 is 4.98 Å². The van der Waals surface area contributed by atoms with E-state index in [0.717, 1.165) is 22.2 Å². The van der Waals surface area contributed by atoms with Crippen LogP contribution in [-0.2, 0) is 5.75 Å². The van der Waals surface area contributed by atoms with Crippen molar-refractivity contribution in [2.45, 2.75) is 23.9 Å². The van der Waals surface area contributed by atoms with E-state index in [9.17, 15) is 4.79 Å². The second kappa shape index (κ2) is 8.27. The Morgan fingerprint density at radius 2 is 2.00 bits per heavy atom. The van der Waals surface area contributed by atoms with Crippen LogP contribution in [0.3, 0.4) is 0 Å². The summed E-state index contributed by atoms with van der Waals surface area (Å²) >= 11 is 8.93. The molecule has 3 aromatic heterocycles. The molecule has 0 amide bonds. The van der Waals surface area contributed by atoms with Gasteiger partial charge in [0.05, 0.1) is 17.3 Å². The zero-order valence-corrected chi connectivity index (χ0v) is 18.5. The van der Waals surface area contributed by atoms with Crippen molar-refractivity contribution in [3.63, 3.8) is 0 Å². The van der Waals surface area contributed by atoms with E-state index in [1.165, 1.54) is 23.1 Å². The first kappa shape index (κ1) is 20.1. The summed E-state index contributed by atoms with van der Waals surface area (Å²) in [7, 11) is 4.01. The molecule has 0 saturated carbocycles. The normalized spacial score (nSPS) is 12.7. The first-order chi connectivity index (χ1) is 13.9. The SMILES string of the molecule is CC(c1nnc(SCc2nc3ccsc3c(=O)[nH]2)n1-c1ccc(Cl)cc1)N(C)C. The maximum absolute atomic E-state index is 12.2. The largest absolute Gasteiger partial charge is 0.309 e. The molecule has 0 aliphatic carbocycles. The molecule has 0 saturated heterocycles. The third-order valence-electron chi connectivity index (χ3n) is 4.59. The van der Waals surface area contributed by atoms with Gasteiger partial charge >= 0.3 is 0 Å². The van der Waals surface area contributed by atoms with Crippen molar-refractivity contribution in [3.8, 4) is 5.69 Å². The van der Waals surface area contributed by atoms with Gasteiger partial charge in [-0.05, 0) is 56.7 Å². The summed E-state index contributed by atoms with van der Waals surface area (Å²) < 4.78 is 2.66. The van der Waals surface area contributed by atoms with Crippen LogP contribution in [0.25, 0.3) is 15.9 Å². The van der Waals surface area contributed by atoms with E-state index in [0.29, 0.717) is 21.3 Å². The Morgan fingerprint density at radius 1 is 1.24 bits per heavy atom. The molecule has 0 aliphatic rings. The van der Waals surface area contributed by atoms with Crippen molar-refractivity contribution < 1.29 is 0 Å². The number of thiophene rings is 1. The number of benzene rings is 1. The third-order valence-corrected chi connectivity index (χ3v) is 6.69. The molecule has 0 aliphatic heterocycles. The standard InChI is InChI=1S/C19H19ClN6OS2/c1-11(25(2)3)17-23-24-19(26(17)13-6-4-12(20)5-7-13)29-10-15-21-14-8-9-28-16(14)18(27)22-15/h4-9,11H,10H2,1-3H3,(H,21,22,27). The van der Waals surface area contributed by atoms with Crippen molar-refractivity contribution in [1.82, 2.24) is 29.6 Å². The van der Waals surface area contributed by atoms with E-state index < -0.39 is 0 Å². The average molecular weight is 447 g/mol. The van der Waals surface area contributed by atoms with Crippen LogP contribution in [0.4, 0.5) is 0 Å². The molecule has 1 unspecified atom stereocenters. The fourth-order valence-electron chi connectivity index (χ4n) is 2.83. The molecule has 1 N–H and O–H groups in total. The van der Waals surface area contributed by atoms with Crippen LogP contribution in [0.5, 0.6) is 0 Å². The highest BCUT2D eigenvalue weighted by atomic mass is 35.5. The topological polar surface area (TPSA) is 79.7 Å². The number of H-pyrrole nitrogens is 1. The second-order valence-corrected chi connectivity index (χ2v) is 9.02. The third kappa shape index (κ3) is 4.09. The molecule has 10 heteroatoms. The van der Waals surface area contributed by atoms with Crippen molar-refractivity contribution in [1.29, 1.82) is 0 Å². The van der Waals surface area contributed by atoms with E-state index >= 15 is 0 Å². The highest BCUT2D eigenvalue weighted by Gasteiger charge is 2.21. The summed E-state index contributed by atoms with van der Waals surface area (Å²) in [5.74, 6) is 1.91. The average Bonchev–Trinajstić information content (AvgIpc) is 3.33. The molecule has 0 spiro atoms. The number of hydrogen-bond donors (Lipinski definition) is 1. The van der Waals surface area contributed by atoms with Gasteiger partial charge in [-0.1, -0.05) is 23.4 Å². The highest BCUT2D eigenvalue weighted by molar-refractivity contribution is 7.98. The minimum atomic E-state index is -0.110. The summed E-state index contributed by atoms with van der Waals surface area (Å²) in [4.78, 5) is 21.7. The Morgan fingerprint density at radius 3 is 2.72 bits per heavy atom. The minimum Gasteiger partial charge on any atom is -0.309 e. The quantitative estimate of drug-likeness (QED) is 0.448. The van der Waals surface area contributed by atoms with E-state index in [2.05, 4.69) is 32.0 Å². The smallest absolute Gasteiger partial charge is 0.268 e. The molecule has 3 heterocycles. The van der Waals surface area contributed by atoms with Gasteiger partial charge in [0.25, 0.3) is 5.56 Å². The predicted octanol–water partition coefficient (Wildman–Crippen LogP) is 4.13.